The Balaban J connectivity index is 2.10. The highest BCUT2D eigenvalue weighted by Crippen LogP contribution is 2.34. The Hall–Kier alpha value is -2.78. The molecule has 0 saturated carbocycles. The minimum atomic E-state index is -0.574. The maximum absolute atomic E-state index is 11.9. The molecule has 1 aromatic carbocycles. The zero-order chi connectivity index (χ0) is 20.7. The average molecular weight is 420 g/mol. The summed E-state index contributed by atoms with van der Waals surface area (Å²) in [6.07, 6.45) is 0.550. The van der Waals surface area contributed by atoms with Crippen molar-refractivity contribution in [1.29, 1.82) is 0 Å². The summed E-state index contributed by atoms with van der Waals surface area (Å²) in [6, 6.07) is 9.84. The van der Waals surface area contributed by atoms with Crippen LogP contribution >= 0.6 is 23.6 Å². The highest BCUT2D eigenvalue weighted by molar-refractivity contribution is 7.80. The van der Waals surface area contributed by atoms with Gasteiger partial charge in [-0.25, -0.2) is 0 Å². The Labute approximate surface area is 172 Å². The van der Waals surface area contributed by atoms with Crippen molar-refractivity contribution < 1.29 is 19.1 Å². The van der Waals surface area contributed by atoms with Crippen molar-refractivity contribution >= 4 is 51.5 Å². The van der Waals surface area contributed by atoms with Crippen LogP contribution in [0.2, 0.25) is 0 Å². The van der Waals surface area contributed by atoms with Crippen LogP contribution in [0.3, 0.4) is 0 Å². The van der Waals surface area contributed by atoms with E-state index < -0.39 is 17.8 Å². The van der Waals surface area contributed by atoms with Gasteiger partial charge in [-0.15, -0.1) is 11.3 Å². The number of amides is 2. The smallest absolute Gasteiger partial charge is 0.306 e. The number of rotatable bonds is 7. The topological polar surface area (TPSA) is 111 Å². The molecule has 7 nitrogen and oxygen atoms in total. The highest BCUT2D eigenvalue weighted by Gasteiger charge is 2.20. The summed E-state index contributed by atoms with van der Waals surface area (Å²) >= 11 is 6.51. The van der Waals surface area contributed by atoms with Crippen LogP contribution in [0.15, 0.2) is 30.3 Å². The highest BCUT2D eigenvalue weighted by atomic mass is 32.1. The maximum Gasteiger partial charge on any atom is 0.306 e. The van der Waals surface area contributed by atoms with E-state index in [0.717, 1.165) is 16.0 Å². The van der Waals surface area contributed by atoms with Crippen LogP contribution < -0.4 is 16.4 Å². The zero-order valence-electron chi connectivity index (χ0n) is 15.5. The molecule has 2 aromatic rings. The predicted molar refractivity (Wildman–Crippen MR) is 112 cm³/mol. The van der Waals surface area contributed by atoms with Crippen molar-refractivity contribution in [3.8, 4) is 0 Å². The normalized spacial score (nSPS) is 10.2. The van der Waals surface area contributed by atoms with Crippen LogP contribution in [0.5, 0.6) is 0 Å². The molecule has 0 saturated heterocycles. The van der Waals surface area contributed by atoms with Crippen molar-refractivity contribution in [3.63, 3.8) is 0 Å². The summed E-state index contributed by atoms with van der Waals surface area (Å²) in [5, 5.41) is 5.87. The third-order valence-corrected chi connectivity index (χ3v) is 5.37. The Kier molecular flexibility index (Phi) is 7.65. The number of carbonyl (C=O) groups excluding carboxylic acids is 3. The van der Waals surface area contributed by atoms with E-state index in [4.69, 9.17) is 18.0 Å². The van der Waals surface area contributed by atoms with E-state index in [1.54, 1.807) is 0 Å². The zero-order valence-corrected chi connectivity index (χ0v) is 17.2. The van der Waals surface area contributed by atoms with Crippen molar-refractivity contribution in [2.45, 2.75) is 26.2 Å². The number of thiophene rings is 1. The van der Waals surface area contributed by atoms with Gasteiger partial charge in [0.2, 0.25) is 5.91 Å². The summed E-state index contributed by atoms with van der Waals surface area (Å²) in [7, 11) is 1.25. The van der Waals surface area contributed by atoms with Crippen molar-refractivity contribution in [3.05, 3.63) is 51.9 Å². The number of anilines is 1. The van der Waals surface area contributed by atoms with Crippen LogP contribution in [0, 0.1) is 6.92 Å². The molecule has 0 aliphatic carbocycles. The molecule has 0 spiro atoms. The molecule has 0 atom stereocenters. The lowest BCUT2D eigenvalue weighted by Crippen LogP contribution is -2.34. The standard InChI is InChI=1S/C19H21N3O4S2/c1-11-13(10-12-6-4-3-5-7-12)28-18(16(11)17(20)25)22-19(27)21-14(23)8-9-15(24)26-2/h3-7H,8-10H2,1-2H3,(H2,20,25)(H2,21,22,23,27). The fraction of sp³-hybridized carbons (Fsp3) is 0.263. The van der Waals surface area contributed by atoms with Gasteiger partial charge in [0, 0.05) is 17.7 Å². The molecular weight excluding hydrogens is 398 g/mol. The third kappa shape index (κ3) is 5.86. The minimum absolute atomic E-state index is 0.0323. The minimum Gasteiger partial charge on any atom is -0.469 e. The summed E-state index contributed by atoms with van der Waals surface area (Å²) in [5.41, 5.74) is 7.78. The van der Waals surface area contributed by atoms with Crippen molar-refractivity contribution in [1.82, 2.24) is 5.32 Å². The van der Waals surface area contributed by atoms with E-state index in [2.05, 4.69) is 15.4 Å². The Morgan fingerprint density at radius 1 is 1.18 bits per heavy atom. The fourth-order valence-electron chi connectivity index (χ4n) is 2.54. The number of nitrogens with one attached hydrogen (secondary N) is 2. The molecule has 0 aliphatic heterocycles. The average Bonchev–Trinajstić information content (AvgIpc) is 2.95. The molecule has 0 fully saturated rings. The number of hydrogen-bond acceptors (Lipinski definition) is 6. The van der Waals surface area contributed by atoms with Gasteiger partial charge in [0.1, 0.15) is 5.00 Å². The summed E-state index contributed by atoms with van der Waals surface area (Å²) in [6.45, 7) is 1.83. The molecule has 148 valence electrons. The number of hydrogen-bond donors (Lipinski definition) is 3. The van der Waals surface area contributed by atoms with E-state index in [1.807, 2.05) is 37.3 Å². The monoisotopic (exact) mass is 419 g/mol. The van der Waals surface area contributed by atoms with Gasteiger partial charge in [-0.05, 0) is 30.3 Å². The number of methoxy groups -OCH3 is 1. The van der Waals surface area contributed by atoms with E-state index in [9.17, 15) is 14.4 Å². The van der Waals surface area contributed by atoms with Crippen LogP contribution in [-0.4, -0.2) is 30.0 Å². The van der Waals surface area contributed by atoms with Crippen LogP contribution in [0.1, 0.15) is 39.2 Å². The first-order valence-electron chi connectivity index (χ1n) is 8.45. The molecule has 2 amide bonds. The maximum atomic E-state index is 11.9. The number of thiocarbonyl (C=S) groups is 1. The van der Waals surface area contributed by atoms with Crippen LogP contribution in [0.25, 0.3) is 0 Å². The molecule has 28 heavy (non-hydrogen) atoms. The van der Waals surface area contributed by atoms with Gasteiger partial charge >= 0.3 is 5.97 Å². The van der Waals surface area contributed by atoms with Gasteiger partial charge < -0.3 is 21.1 Å². The number of esters is 1. The third-order valence-electron chi connectivity index (χ3n) is 3.96. The number of benzene rings is 1. The Morgan fingerprint density at radius 2 is 1.86 bits per heavy atom. The summed E-state index contributed by atoms with van der Waals surface area (Å²) in [4.78, 5) is 35.9. The number of nitrogens with two attached hydrogens (primary N) is 1. The molecule has 0 aliphatic rings. The first-order valence-corrected chi connectivity index (χ1v) is 9.68. The molecule has 1 aromatic heterocycles. The molecule has 2 rings (SSSR count). The van der Waals surface area contributed by atoms with Crippen LogP contribution in [-0.2, 0) is 20.7 Å². The fourth-order valence-corrected chi connectivity index (χ4v) is 4.07. The largest absolute Gasteiger partial charge is 0.469 e. The van der Waals surface area contributed by atoms with Gasteiger partial charge in [-0.2, -0.15) is 0 Å². The number of carbonyl (C=O) groups is 3. The number of primary amides is 1. The molecule has 0 bridgehead atoms. The van der Waals surface area contributed by atoms with Gasteiger partial charge in [0.05, 0.1) is 19.1 Å². The van der Waals surface area contributed by atoms with E-state index in [1.165, 1.54) is 18.4 Å². The second-order valence-electron chi connectivity index (χ2n) is 5.96. The number of ether oxygens (including phenoxy) is 1. The first kappa shape index (κ1) is 21.5. The van der Waals surface area contributed by atoms with E-state index >= 15 is 0 Å². The predicted octanol–water partition coefficient (Wildman–Crippen LogP) is 2.51. The summed E-state index contributed by atoms with van der Waals surface area (Å²) < 4.78 is 4.49. The SMILES string of the molecule is COC(=O)CCC(=O)NC(=S)Nc1sc(Cc2ccccc2)c(C)c1C(N)=O. The lowest BCUT2D eigenvalue weighted by Gasteiger charge is -2.09. The molecule has 9 heteroatoms. The Morgan fingerprint density at radius 3 is 2.46 bits per heavy atom. The second-order valence-corrected chi connectivity index (χ2v) is 7.47. The summed E-state index contributed by atoms with van der Waals surface area (Å²) in [5.74, 6) is -1.49. The van der Waals surface area contributed by atoms with Gasteiger partial charge in [0.25, 0.3) is 5.91 Å². The van der Waals surface area contributed by atoms with Crippen molar-refractivity contribution in [2.75, 3.05) is 12.4 Å². The molecule has 4 N–H and O–H groups in total. The van der Waals surface area contributed by atoms with E-state index in [-0.39, 0.29) is 18.0 Å². The molecule has 1 heterocycles. The van der Waals surface area contributed by atoms with Crippen molar-refractivity contribution in [2.24, 2.45) is 5.73 Å². The molecule has 0 radical (unpaired) electrons. The van der Waals surface area contributed by atoms with Gasteiger partial charge in [-0.3, -0.25) is 14.4 Å². The Bertz CT molecular complexity index is 894. The van der Waals surface area contributed by atoms with Gasteiger partial charge in [0.15, 0.2) is 5.11 Å². The molecule has 0 unspecified atom stereocenters. The lowest BCUT2D eigenvalue weighted by atomic mass is 10.1. The quantitative estimate of drug-likeness (QED) is 0.470. The van der Waals surface area contributed by atoms with Gasteiger partial charge in [-0.1, -0.05) is 30.3 Å². The van der Waals surface area contributed by atoms with Crippen LogP contribution in [0.4, 0.5) is 5.00 Å². The lowest BCUT2D eigenvalue weighted by molar-refractivity contribution is -0.142. The molecular formula is C19H21N3O4S2. The van der Waals surface area contributed by atoms with E-state index in [0.29, 0.717) is 17.0 Å². The first-order chi connectivity index (χ1) is 13.3. The second kappa shape index (κ2) is 9.95.